The molecule has 0 saturated carbocycles. The molecule has 5 nitrogen and oxygen atoms in total. The summed E-state index contributed by atoms with van der Waals surface area (Å²) in [6.07, 6.45) is 0. The number of rotatable bonds is 2. The first-order valence-corrected chi connectivity index (χ1v) is 8.02. The first-order chi connectivity index (χ1) is 8.54. The number of hydrogen-bond donors (Lipinski definition) is 1. The minimum atomic E-state index is -3.87. The van der Waals surface area contributed by atoms with Crippen molar-refractivity contribution in [3.63, 3.8) is 0 Å². The van der Waals surface area contributed by atoms with Crippen LogP contribution in [0.15, 0.2) is 35.5 Å². The molecule has 3 aromatic rings. The van der Waals surface area contributed by atoms with Crippen LogP contribution in [0.4, 0.5) is 0 Å². The van der Waals surface area contributed by atoms with Crippen LogP contribution in [0.25, 0.3) is 20.8 Å². The molecule has 3 rings (SSSR count). The Labute approximate surface area is 111 Å². The van der Waals surface area contributed by atoms with Gasteiger partial charge in [-0.1, -0.05) is 18.2 Å². The number of halogens is 1. The average Bonchev–Trinajstić information content (AvgIpc) is 2.94. The van der Waals surface area contributed by atoms with E-state index in [1.807, 2.05) is 30.3 Å². The van der Waals surface area contributed by atoms with Crippen LogP contribution in [0, 0.1) is 0 Å². The highest BCUT2D eigenvalue weighted by Crippen LogP contribution is 2.31. The van der Waals surface area contributed by atoms with Gasteiger partial charge in [0.1, 0.15) is 0 Å². The van der Waals surface area contributed by atoms with Gasteiger partial charge in [0.05, 0.1) is 4.88 Å². The van der Waals surface area contributed by atoms with Crippen molar-refractivity contribution in [3.8, 4) is 10.7 Å². The minimum Gasteiger partial charge on any atom is -0.248 e. The summed E-state index contributed by atoms with van der Waals surface area (Å²) < 4.78 is 23.3. The summed E-state index contributed by atoms with van der Waals surface area (Å²) in [5, 5.41) is 6.90. The van der Waals surface area contributed by atoms with E-state index in [4.69, 9.17) is 10.7 Å². The zero-order valence-electron chi connectivity index (χ0n) is 8.79. The second-order valence-electron chi connectivity index (χ2n) is 3.55. The monoisotopic (exact) mass is 299 g/mol. The van der Waals surface area contributed by atoms with E-state index in [1.165, 1.54) is 11.3 Å². The third-order valence-corrected chi connectivity index (χ3v) is 4.54. The van der Waals surface area contributed by atoms with Crippen molar-refractivity contribution in [2.45, 2.75) is 5.16 Å². The van der Waals surface area contributed by atoms with Gasteiger partial charge < -0.3 is 0 Å². The number of aromatic nitrogens is 3. The molecule has 0 fully saturated rings. The quantitative estimate of drug-likeness (QED) is 0.738. The van der Waals surface area contributed by atoms with Crippen LogP contribution in [0.2, 0.25) is 0 Å². The van der Waals surface area contributed by atoms with Gasteiger partial charge in [-0.3, -0.25) is 0 Å². The molecule has 0 spiro atoms. The van der Waals surface area contributed by atoms with E-state index in [0.717, 1.165) is 15.0 Å². The van der Waals surface area contributed by atoms with Gasteiger partial charge in [-0.2, -0.15) is 10.1 Å². The average molecular weight is 300 g/mol. The van der Waals surface area contributed by atoms with Crippen molar-refractivity contribution in [3.05, 3.63) is 30.3 Å². The van der Waals surface area contributed by atoms with E-state index in [-0.39, 0.29) is 5.16 Å². The zero-order valence-corrected chi connectivity index (χ0v) is 11.2. The van der Waals surface area contributed by atoms with Gasteiger partial charge in [-0.15, -0.1) is 11.3 Å². The largest absolute Gasteiger partial charge is 0.296 e. The third-order valence-electron chi connectivity index (χ3n) is 2.34. The Hall–Kier alpha value is -1.44. The number of H-pyrrole nitrogens is 1. The SMILES string of the molecule is O=S(=O)(Cl)c1nc(-c2cc3ccccc3s2)n[nH]1. The Morgan fingerprint density at radius 1 is 1.28 bits per heavy atom. The van der Waals surface area contributed by atoms with E-state index in [0.29, 0.717) is 5.82 Å². The lowest BCUT2D eigenvalue weighted by Gasteiger charge is -1.85. The Balaban J connectivity index is 2.12. The summed E-state index contributed by atoms with van der Waals surface area (Å²) in [4.78, 5) is 4.66. The molecule has 0 atom stereocenters. The smallest absolute Gasteiger partial charge is 0.248 e. The molecule has 0 unspecified atom stereocenters. The molecule has 0 saturated heterocycles. The van der Waals surface area contributed by atoms with Crippen LogP contribution in [-0.2, 0) is 9.05 Å². The molecule has 92 valence electrons. The molecule has 1 N–H and O–H groups in total. The van der Waals surface area contributed by atoms with E-state index in [2.05, 4.69) is 15.2 Å². The van der Waals surface area contributed by atoms with Crippen LogP contribution in [0.3, 0.4) is 0 Å². The highest BCUT2D eigenvalue weighted by molar-refractivity contribution is 8.13. The first-order valence-electron chi connectivity index (χ1n) is 4.90. The van der Waals surface area contributed by atoms with E-state index in [9.17, 15) is 8.42 Å². The van der Waals surface area contributed by atoms with Crippen molar-refractivity contribution in [2.24, 2.45) is 0 Å². The topological polar surface area (TPSA) is 75.7 Å². The highest BCUT2D eigenvalue weighted by Gasteiger charge is 2.17. The van der Waals surface area contributed by atoms with Crippen molar-refractivity contribution in [1.29, 1.82) is 0 Å². The standard InChI is InChI=1S/C10H6ClN3O2S2/c11-18(15,16)10-12-9(13-14-10)8-5-6-3-1-2-4-7(6)17-8/h1-5H,(H,12,13,14). The molecule has 0 radical (unpaired) electrons. The third kappa shape index (κ3) is 2.00. The van der Waals surface area contributed by atoms with E-state index in [1.54, 1.807) is 0 Å². The van der Waals surface area contributed by atoms with Crippen LogP contribution >= 0.6 is 22.0 Å². The summed E-state index contributed by atoms with van der Waals surface area (Å²) in [6, 6.07) is 9.74. The molecule has 2 heterocycles. The van der Waals surface area contributed by atoms with Crippen LogP contribution < -0.4 is 0 Å². The molecule has 0 bridgehead atoms. The predicted molar refractivity (Wildman–Crippen MR) is 70.2 cm³/mol. The molecule has 0 amide bonds. The molecule has 0 aliphatic heterocycles. The van der Waals surface area contributed by atoms with Gasteiger partial charge in [0.15, 0.2) is 5.82 Å². The Morgan fingerprint density at radius 2 is 2.06 bits per heavy atom. The van der Waals surface area contributed by atoms with Gasteiger partial charge in [0.2, 0.25) is 0 Å². The fourth-order valence-electron chi connectivity index (χ4n) is 1.56. The lowest BCUT2D eigenvalue weighted by Crippen LogP contribution is -1.92. The van der Waals surface area contributed by atoms with Gasteiger partial charge in [-0.25, -0.2) is 13.5 Å². The van der Waals surface area contributed by atoms with Gasteiger partial charge in [-0.05, 0) is 17.5 Å². The lowest BCUT2D eigenvalue weighted by molar-refractivity contribution is 0.602. The minimum absolute atomic E-state index is 0.329. The Kier molecular flexibility index (Phi) is 2.61. The number of aromatic amines is 1. The molecular formula is C10H6ClN3O2S2. The number of hydrogen-bond acceptors (Lipinski definition) is 5. The number of thiophene rings is 1. The maximum absolute atomic E-state index is 11.1. The first kappa shape index (κ1) is 11.6. The Bertz CT molecular complexity index is 789. The van der Waals surface area contributed by atoms with Crippen molar-refractivity contribution in [2.75, 3.05) is 0 Å². The van der Waals surface area contributed by atoms with Gasteiger partial charge in [0.25, 0.3) is 14.2 Å². The van der Waals surface area contributed by atoms with Crippen LogP contribution in [0.5, 0.6) is 0 Å². The fraction of sp³-hybridized carbons (Fsp3) is 0. The lowest BCUT2D eigenvalue weighted by atomic mass is 10.2. The maximum atomic E-state index is 11.1. The Morgan fingerprint density at radius 3 is 2.72 bits per heavy atom. The van der Waals surface area contributed by atoms with Gasteiger partial charge in [0, 0.05) is 15.4 Å². The number of fused-ring (bicyclic) bond motifs is 1. The summed E-state index contributed by atoms with van der Waals surface area (Å²) in [6.45, 7) is 0. The van der Waals surface area contributed by atoms with Crippen molar-refractivity contribution >= 4 is 41.2 Å². The van der Waals surface area contributed by atoms with Crippen LogP contribution in [-0.4, -0.2) is 23.6 Å². The second kappa shape index (κ2) is 4.04. The summed E-state index contributed by atoms with van der Waals surface area (Å²) >= 11 is 1.49. The normalized spacial score (nSPS) is 12.1. The predicted octanol–water partition coefficient (Wildman–Crippen LogP) is 2.61. The van der Waals surface area contributed by atoms with Gasteiger partial charge >= 0.3 is 0 Å². The van der Waals surface area contributed by atoms with Crippen LogP contribution in [0.1, 0.15) is 0 Å². The number of nitrogens with one attached hydrogen (secondary N) is 1. The fourth-order valence-corrected chi connectivity index (χ4v) is 3.11. The van der Waals surface area contributed by atoms with Crippen molar-refractivity contribution < 1.29 is 8.42 Å². The summed E-state index contributed by atoms with van der Waals surface area (Å²) in [5.41, 5.74) is 0. The highest BCUT2D eigenvalue weighted by atomic mass is 35.7. The molecule has 8 heteroatoms. The number of benzene rings is 1. The molecule has 2 aromatic heterocycles. The second-order valence-corrected chi connectivity index (χ2v) is 7.12. The maximum Gasteiger partial charge on any atom is 0.296 e. The van der Waals surface area contributed by atoms with Crippen molar-refractivity contribution in [1.82, 2.24) is 15.2 Å². The molecule has 18 heavy (non-hydrogen) atoms. The zero-order chi connectivity index (χ0) is 12.8. The molecule has 1 aromatic carbocycles. The molecule has 0 aliphatic rings. The molecule has 0 aliphatic carbocycles. The molecular weight excluding hydrogens is 294 g/mol. The number of nitrogens with zero attached hydrogens (tertiary/aromatic N) is 2. The summed E-state index contributed by atoms with van der Waals surface area (Å²) in [7, 11) is 1.31. The van der Waals surface area contributed by atoms with E-state index >= 15 is 0 Å². The summed E-state index contributed by atoms with van der Waals surface area (Å²) in [5.74, 6) is 0.329. The van der Waals surface area contributed by atoms with E-state index < -0.39 is 9.05 Å².